The number of carbonyl (C=O) groups excluding carboxylic acids is 1. The van der Waals surface area contributed by atoms with Crippen LogP contribution in [0.3, 0.4) is 0 Å². The number of aromatic nitrogens is 1. The summed E-state index contributed by atoms with van der Waals surface area (Å²) >= 11 is 4.18. The van der Waals surface area contributed by atoms with Gasteiger partial charge in [0.05, 0.1) is 15.1 Å². The number of nitrogens with zero attached hydrogens (tertiary/aromatic N) is 3. The zero-order valence-electron chi connectivity index (χ0n) is 14.8. The Morgan fingerprint density at radius 2 is 1.86 bits per heavy atom. The Labute approximate surface area is 173 Å². The summed E-state index contributed by atoms with van der Waals surface area (Å²) in [6.07, 6.45) is 0. The molecule has 0 radical (unpaired) electrons. The van der Waals surface area contributed by atoms with E-state index in [0.29, 0.717) is 14.9 Å². The summed E-state index contributed by atoms with van der Waals surface area (Å²) in [4.78, 5) is 25.8. The fraction of sp³-hybridized carbons (Fsp3) is 0.294. The molecule has 0 bridgehead atoms. The van der Waals surface area contributed by atoms with Crippen molar-refractivity contribution in [2.45, 2.75) is 4.90 Å². The molecule has 148 valence electrons. The van der Waals surface area contributed by atoms with Crippen molar-refractivity contribution in [2.75, 3.05) is 26.2 Å². The van der Waals surface area contributed by atoms with Crippen LogP contribution in [0.5, 0.6) is 0 Å². The second-order valence-corrected chi connectivity index (χ2v) is 10.1. The third-order valence-electron chi connectivity index (χ3n) is 4.71. The van der Waals surface area contributed by atoms with Gasteiger partial charge in [0.15, 0.2) is 10.4 Å². The third kappa shape index (κ3) is 3.32. The van der Waals surface area contributed by atoms with Gasteiger partial charge in [0.25, 0.3) is 5.91 Å². The predicted octanol–water partition coefficient (Wildman–Crippen LogP) is 2.10. The lowest BCUT2D eigenvalue weighted by Gasteiger charge is -2.33. The molecule has 1 saturated heterocycles. The van der Waals surface area contributed by atoms with E-state index in [1.54, 1.807) is 30.1 Å². The number of thiazole rings is 1. The molecular formula is C17H16BrN3O5S2. The highest BCUT2D eigenvalue weighted by molar-refractivity contribution is 9.10. The third-order valence-corrected chi connectivity index (χ3v) is 8.03. The van der Waals surface area contributed by atoms with E-state index < -0.39 is 10.0 Å². The molecule has 3 heterocycles. The van der Waals surface area contributed by atoms with Gasteiger partial charge in [0.1, 0.15) is 0 Å². The van der Waals surface area contributed by atoms with Crippen molar-refractivity contribution in [1.29, 1.82) is 0 Å². The van der Waals surface area contributed by atoms with E-state index >= 15 is 0 Å². The summed E-state index contributed by atoms with van der Waals surface area (Å²) in [5.74, 6) is -0.0501. The number of aryl methyl sites for hydroxylation is 1. The maximum Gasteiger partial charge on any atom is 0.307 e. The normalized spacial score (nSPS) is 16.0. The average Bonchev–Trinajstić information content (AvgIpc) is 3.24. The minimum Gasteiger partial charge on any atom is -0.444 e. The lowest BCUT2D eigenvalue weighted by molar-refractivity contribution is 0.0664. The largest absolute Gasteiger partial charge is 0.444 e. The fourth-order valence-corrected chi connectivity index (χ4v) is 5.89. The van der Waals surface area contributed by atoms with Crippen molar-refractivity contribution < 1.29 is 17.6 Å². The summed E-state index contributed by atoms with van der Waals surface area (Å²) in [6, 6.07) is 7.92. The number of hydrogen-bond acceptors (Lipinski definition) is 6. The summed E-state index contributed by atoms with van der Waals surface area (Å²) in [6.45, 7) is 0.937. The predicted molar refractivity (Wildman–Crippen MR) is 108 cm³/mol. The summed E-state index contributed by atoms with van der Waals surface area (Å²) < 4.78 is 35.2. The van der Waals surface area contributed by atoms with Crippen LogP contribution in [-0.4, -0.2) is 54.3 Å². The molecule has 4 rings (SSSR count). The van der Waals surface area contributed by atoms with E-state index in [1.807, 2.05) is 0 Å². The molecule has 1 aliphatic heterocycles. The number of carbonyl (C=O) groups is 1. The minimum atomic E-state index is -3.71. The monoisotopic (exact) mass is 485 g/mol. The van der Waals surface area contributed by atoms with Crippen LogP contribution in [0.25, 0.3) is 10.2 Å². The van der Waals surface area contributed by atoms with Crippen molar-refractivity contribution in [2.24, 2.45) is 7.05 Å². The molecule has 0 atom stereocenters. The number of furan rings is 1. The zero-order valence-corrected chi connectivity index (χ0v) is 18.0. The van der Waals surface area contributed by atoms with Gasteiger partial charge in [0, 0.05) is 33.2 Å². The van der Waals surface area contributed by atoms with Crippen LogP contribution in [-0.2, 0) is 17.1 Å². The molecule has 1 aliphatic rings. The number of benzene rings is 1. The van der Waals surface area contributed by atoms with Crippen molar-refractivity contribution in [1.82, 2.24) is 13.8 Å². The van der Waals surface area contributed by atoms with Gasteiger partial charge in [-0.25, -0.2) is 8.42 Å². The maximum atomic E-state index is 13.0. The number of fused-ring (bicyclic) bond motifs is 1. The van der Waals surface area contributed by atoms with Gasteiger partial charge in [-0.2, -0.15) is 4.31 Å². The molecule has 0 unspecified atom stereocenters. The number of piperazine rings is 1. The minimum absolute atomic E-state index is 0.138. The maximum absolute atomic E-state index is 13.0. The topological polar surface area (TPSA) is 92.8 Å². The fourth-order valence-electron chi connectivity index (χ4n) is 3.14. The van der Waals surface area contributed by atoms with E-state index in [2.05, 4.69) is 15.9 Å². The SMILES string of the molecule is Cn1c(=O)sc2cc(S(=O)(=O)N3CCN(C(=O)c4ccc(Br)o4)CC3)ccc21. The summed E-state index contributed by atoms with van der Waals surface area (Å²) in [5.41, 5.74) is 0.703. The van der Waals surface area contributed by atoms with Gasteiger partial charge in [0.2, 0.25) is 10.0 Å². The molecule has 11 heteroatoms. The Bertz CT molecular complexity index is 1220. The van der Waals surface area contributed by atoms with Crippen molar-refractivity contribution in [3.05, 3.63) is 50.4 Å². The van der Waals surface area contributed by atoms with E-state index in [9.17, 15) is 18.0 Å². The van der Waals surface area contributed by atoms with E-state index in [1.165, 1.54) is 21.0 Å². The molecule has 8 nitrogen and oxygen atoms in total. The van der Waals surface area contributed by atoms with E-state index in [0.717, 1.165) is 11.3 Å². The van der Waals surface area contributed by atoms with Crippen molar-refractivity contribution >= 4 is 53.4 Å². The quantitative estimate of drug-likeness (QED) is 0.566. The lowest BCUT2D eigenvalue weighted by atomic mass is 10.3. The highest BCUT2D eigenvalue weighted by Gasteiger charge is 2.31. The second kappa shape index (κ2) is 7.14. The van der Waals surface area contributed by atoms with E-state index in [4.69, 9.17) is 4.42 Å². The van der Waals surface area contributed by atoms with Gasteiger partial charge in [-0.05, 0) is 46.3 Å². The Morgan fingerprint density at radius 1 is 1.14 bits per heavy atom. The molecule has 0 N–H and O–H groups in total. The first-order chi connectivity index (χ1) is 13.3. The first kappa shape index (κ1) is 19.4. The molecular weight excluding hydrogens is 470 g/mol. The molecule has 2 aromatic heterocycles. The molecule has 3 aromatic rings. The van der Waals surface area contributed by atoms with Crippen LogP contribution in [0, 0.1) is 0 Å². The summed E-state index contributed by atoms with van der Waals surface area (Å²) in [5, 5.41) is 0. The lowest BCUT2D eigenvalue weighted by Crippen LogP contribution is -2.50. The van der Waals surface area contributed by atoms with Gasteiger partial charge < -0.3 is 13.9 Å². The van der Waals surface area contributed by atoms with Gasteiger partial charge >= 0.3 is 4.87 Å². The molecule has 1 fully saturated rings. The number of rotatable bonds is 3. The zero-order chi connectivity index (χ0) is 20.1. The van der Waals surface area contributed by atoms with Crippen LogP contribution in [0.1, 0.15) is 10.6 Å². The first-order valence-corrected chi connectivity index (χ1v) is 11.5. The van der Waals surface area contributed by atoms with E-state index in [-0.39, 0.29) is 47.6 Å². The van der Waals surface area contributed by atoms with Crippen molar-refractivity contribution in [3.8, 4) is 0 Å². The second-order valence-electron chi connectivity index (χ2n) is 6.36. The smallest absolute Gasteiger partial charge is 0.307 e. The number of amides is 1. The molecule has 1 amide bonds. The Morgan fingerprint density at radius 3 is 2.50 bits per heavy atom. The molecule has 28 heavy (non-hydrogen) atoms. The molecule has 0 aliphatic carbocycles. The summed E-state index contributed by atoms with van der Waals surface area (Å²) in [7, 11) is -2.05. The van der Waals surface area contributed by atoms with Crippen LogP contribution < -0.4 is 4.87 Å². The van der Waals surface area contributed by atoms with Crippen LogP contribution in [0.2, 0.25) is 0 Å². The van der Waals surface area contributed by atoms with Gasteiger partial charge in [-0.1, -0.05) is 11.3 Å². The average molecular weight is 486 g/mol. The van der Waals surface area contributed by atoms with Crippen LogP contribution in [0.15, 0.2) is 49.1 Å². The van der Waals surface area contributed by atoms with Crippen LogP contribution in [0.4, 0.5) is 0 Å². The Hall–Kier alpha value is -1.95. The van der Waals surface area contributed by atoms with Gasteiger partial charge in [-0.15, -0.1) is 0 Å². The number of halogens is 1. The molecule has 0 saturated carbocycles. The van der Waals surface area contributed by atoms with Crippen LogP contribution >= 0.6 is 27.3 Å². The first-order valence-electron chi connectivity index (χ1n) is 8.42. The molecule has 0 spiro atoms. The highest BCUT2D eigenvalue weighted by Crippen LogP contribution is 2.25. The van der Waals surface area contributed by atoms with Gasteiger partial charge in [-0.3, -0.25) is 9.59 Å². The van der Waals surface area contributed by atoms with Crippen molar-refractivity contribution in [3.63, 3.8) is 0 Å². The number of hydrogen-bond donors (Lipinski definition) is 0. The Balaban J connectivity index is 1.52. The standard InChI is InChI=1S/C17H16BrN3O5S2/c1-19-12-3-2-11(10-14(12)27-17(19)23)28(24,25)21-8-6-20(7-9-21)16(22)13-4-5-15(18)26-13/h2-5,10H,6-9H2,1H3. The number of sulfonamides is 1. The Kier molecular flexibility index (Phi) is 4.94. The highest BCUT2D eigenvalue weighted by atomic mass is 79.9. The molecule has 1 aromatic carbocycles.